The van der Waals surface area contributed by atoms with E-state index in [9.17, 15) is 4.79 Å². The number of para-hydroxylation sites is 2. The number of benzene rings is 2. The molecule has 0 aliphatic heterocycles. The number of hydrogen-bond acceptors (Lipinski definition) is 5. The Bertz CT molecular complexity index is 979. The third-order valence-electron chi connectivity index (χ3n) is 4.53. The molecule has 0 bridgehead atoms. The highest BCUT2D eigenvalue weighted by atomic mass is 16.5. The fraction of sp³-hybridized carbons (Fsp3) is 0.261. The number of ether oxygens (including phenoxy) is 1. The largest absolute Gasteiger partial charge is 0.496 e. The molecule has 2 aromatic carbocycles. The molecule has 0 spiro atoms. The molecule has 6 nitrogen and oxygen atoms in total. The quantitative estimate of drug-likeness (QED) is 0.641. The van der Waals surface area contributed by atoms with Crippen LogP contribution in [-0.2, 0) is 12.0 Å². The maximum atomic E-state index is 12.6. The van der Waals surface area contributed by atoms with E-state index in [1.165, 1.54) is 0 Å². The monoisotopic (exact) mass is 390 g/mol. The molecule has 0 saturated heterocycles. The van der Waals surface area contributed by atoms with Gasteiger partial charge in [0.1, 0.15) is 11.6 Å². The Morgan fingerprint density at radius 2 is 1.69 bits per heavy atom. The van der Waals surface area contributed by atoms with Gasteiger partial charge in [-0.05, 0) is 35.2 Å². The number of rotatable bonds is 6. The lowest BCUT2D eigenvalue weighted by atomic mass is 9.86. The van der Waals surface area contributed by atoms with Crippen LogP contribution < -0.4 is 15.4 Å². The minimum Gasteiger partial charge on any atom is -0.496 e. The van der Waals surface area contributed by atoms with Crippen LogP contribution in [0.25, 0.3) is 0 Å². The summed E-state index contributed by atoms with van der Waals surface area (Å²) in [7, 11) is 1.64. The molecule has 0 fully saturated rings. The molecule has 1 amide bonds. The summed E-state index contributed by atoms with van der Waals surface area (Å²) in [6.07, 6.45) is 0. The number of methoxy groups -OCH3 is 1. The number of aromatic nitrogens is 2. The number of carbonyl (C=O) groups excluding carboxylic acids is 1. The van der Waals surface area contributed by atoms with Crippen molar-refractivity contribution in [1.29, 1.82) is 0 Å². The smallest absolute Gasteiger partial charge is 0.276 e. The second kappa shape index (κ2) is 8.73. The molecule has 0 saturated carbocycles. The summed E-state index contributed by atoms with van der Waals surface area (Å²) in [6.45, 7) is 6.88. The maximum absolute atomic E-state index is 12.6. The lowest BCUT2D eigenvalue weighted by Crippen LogP contribution is -2.19. The first-order valence-corrected chi connectivity index (χ1v) is 9.49. The molecular weight excluding hydrogens is 364 g/mol. The average molecular weight is 390 g/mol. The predicted octanol–water partition coefficient (Wildman–Crippen LogP) is 4.65. The number of anilines is 2. The molecule has 0 unspecified atom stereocenters. The van der Waals surface area contributed by atoms with Crippen LogP contribution in [0.1, 0.15) is 42.4 Å². The Hall–Kier alpha value is -3.41. The van der Waals surface area contributed by atoms with Gasteiger partial charge in [0.15, 0.2) is 5.69 Å². The highest BCUT2D eigenvalue weighted by molar-refractivity contribution is 6.03. The summed E-state index contributed by atoms with van der Waals surface area (Å²) < 4.78 is 5.35. The molecule has 150 valence electrons. The normalized spacial score (nSPS) is 11.0. The fourth-order valence-electron chi connectivity index (χ4n) is 3.01. The number of hydrogen-bond donors (Lipinski definition) is 2. The fourth-order valence-corrected chi connectivity index (χ4v) is 3.01. The number of nitrogens with zero attached hydrogens (tertiary/aromatic N) is 2. The van der Waals surface area contributed by atoms with E-state index in [0.29, 0.717) is 12.4 Å². The van der Waals surface area contributed by atoms with Gasteiger partial charge in [0, 0.05) is 17.8 Å². The van der Waals surface area contributed by atoms with Gasteiger partial charge in [0.25, 0.3) is 5.91 Å². The zero-order valence-electron chi connectivity index (χ0n) is 17.2. The van der Waals surface area contributed by atoms with Crippen molar-refractivity contribution in [3.63, 3.8) is 0 Å². The zero-order valence-corrected chi connectivity index (χ0v) is 17.2. The Kier molecular flexibility index (Phi) is 6.12. The van der Waals surface area contributed by atoms with E-state index >= 15 is 0 Å². The molecule has 6 heteroatoms. The van der Waals surface area contributed by atoms with Crippen molar-refractivity contribution in [2.45, 2.75) is 32.7 Å². The van der Waals surface area contributed by atoms with Crippen LogP contribution in [-0.4, -0.2) is 23.2 Å². The first kappa shape index (κ1) is 20.3. The highest BCUT2D eigenvalue weighted by Crippen LogP contribution is 2.29. The Balaban J connectivity index is 1.67. The van der Waals surface area contributed by atoms with Gasteiger partial charge in [-0.2, -0.15) is 0 Å². The maximum Gasteiger partial charge on any atom is 0.276 e. The van der Waals surface area contributed by atoms with Crippen LogP contribution in [0.2, 0.25) is 0 Å². The van der Waals surface area contributed by atoms with Crippen molar-refractivity contribution in [2.75, 3.05) is 17.7 Å². The van der Waals surface area contributed by atoms with Gasteiger partial charge in [-0.15, -0.1) is 10.2 Å². The predicted molar refractivity (Wildman–Crippen MR) is 115 cm³/mol. The summed E-state index contributed by atoms with van der Waals surface area (Å²) >= 11 is 0. The van der Waals surface area contributed by atoms with Crippen LogP contribution in [0.3, 0.4) is 0 Å². The molecule has 0 radical (unpaired) electrons. The summed E-state index contributed by atoms with van der Waals surface area (Å²) in [5, 5.41) is 14.3. The van der Waals surface area contributed by atoms with Crippen molar-refractivity contribution in [1.82, 2.24) is 10.2 Å². The van der Waals surface area contributed by atoms with Gasteiger partial charge < -0.3 is 15.4 Å². The molecule has 2 N–H and O–H groups in total. The van der Waals surface area contributed by atoms with Crippen molar-refractivity contribution < 1.29 is 9.53 Å². The number of carbonyl (C=O) groups is 1. The van der Waals surface area contributed by atoms with Gasteiger partial charge in [0.2, 0.25) is 0 Å². The van der Waals surface area contributed by atoms with E-state index in [1.54, 1.807) is 19.2 Å². The van der Waals surface area contributed by atoms with E-state index in [4.69, 9.17) is 4.74 Å². The third-order valence-corrected chi connectivity index (χ3v) is 4.53. The minimum absolute atomic E-state index is 0.0815. The minimum atomic E-state index is -0.287. The topological polar surface area (TPSA) is 76.1 Å². The van der Waals surface area contributed by atoms with E-state index in [1.807, 2.05) is 48.5 Å². The Morgan fingerprint density at radius 3 is 2.38 bits per heavy atom. The molecular formula is C23H26N4O2. The molecule has 3 aromatic rings. The van der Waals surface area contributed by atoms with Crippen LogP contribution in [0.5, 0.6) is 5.75 Å². The van der Waals surface area contributed by atoms with E-state index < -0.39 is 0 Å². The van der Waals surface area contributed by atoms with Gasteiger partial charge in [-0.3, -0.25) is 4.79 Å². The Labute approximate surface area is 171 Å². The highest BCUT2D eigenvalue weighted by Gasteiger charge is 2.19. The molecule has 1 aromatic heterocycles. The van der Waals surface area contributed by atoms with Crippen LogP contribution >= 0.6 is 0 Å². The average Bonchev–Trinajstić information content (AvgIpc) is 2.72. The van der Waals surface area contributed by atoms with Gasteiger partial charge in [-0.1, -0.05) is 57.2 Å². The second-order valence-electron chi connectivity index (χ2n) is 7.72. The number of amides is 1. The summed E-state index contributed by atoms with van der Waals surface area (Å²) in [5.74, 6) is 1.11. The summed E-state index contributed by atoms with van der Waals surface area (Å²) in [5.41, 5.74) is 3.04. The van der Waals surface area contributed by atoms with Gasteiger partial charge in [-0.25, -0.2) is 0 Å². The Morgan fingerprint density at radius 1 is 0.966 bits per heavy atom. The number of nitrogens with one attached hydrogen (secondary N) is 2. The van der Waals surface area contributed by atoms with Crippen LogP contribution in [0.4, 0.5) is 11.5 Å². The third kappa shape index (κ3) is 5.10. The van der Waals surface area contributed by atoms with Crippen molar-refractivity contribution in [3.8, 4) is 5.75 Å². The first-order chi connectivity index (χ1) is 13.9. The van der Waals surface area contributed by atoms with Gasteiger partial charge in [0.05, 0.1) is 7.11 Å². The van der Waals surface area contributed by atoms with Crippen molar-refractivity contribution >= 4 is 17.4 Å². The molecule has 1 heterocycles. The van der Waals surface area contributed by atoms with Gasteiger partial charge >= 0.3 is 0 Å². The molecule has 0 aliphatic rings. The second-order valence-corrected chi connectivity index (χ2v) is 7.72. The van der Waals surface area contributed by atoms with E-state index in [2.05, 4.69) is 41.6 Å². The lowest BCUT2D eigenvalue weighted by molar-refractivity contribution is 0.102. The van der Waals surface area contributed by atoms with Crippen molar-refractivity contribution in [3.05, 3.63) is 77.5 Å². The SMILES string of the molecule is COc1ccccc1CNc1ccc(C(=O)Nc2ccccc2C(C)(C)C)nn1. The zero-order chi connectivity index (χ0) is 20.9. The molecule has 3 rings (SSSR count). The molecule has 0 aliphatic carbocycles. The summed E-state index contributed by atoms with van der Waals surface area (Å²) in [6, 6.07) is 19.0. The molecule has 0 atom stereocenters. The molecule has 29 heavy (non-hydrogen) atoms. The lowest BCUT2D eigenvalue weighted by Gasteiger charge is -2.22. The van der Waals surface area contributed by atoms with Crippen molar-refractivity contribution in [2.24, 2.45) is 0 Å². The first-order valence-electron chi connectivity index (χ1n) is 9.49. The van der Waals surface area contributed by atoms with E-state index in [-0.39, 0.29) is 17.0 Å². The summed E-state index contributed by atoms with van der Waals surface area (Å²) in [4.78, 5) is 12.6. The van der Waals surface area contributed by atoms with Crippen LogP contribution in [0.15, 0.2) is 60.7 Å². The van der Waals surface area contributed by atoms with E-state index in [0.717, 1.165) is 22.6 Å². The van der Waals surface area contributed by atoms with Crippen LogP contribution in [0, 0.1) is 0 Å². The standard InChI is InChI=1S/C23H26N4O2/c1-23(2,3)17-10-6-7-11-18(17)25-22(28)19-13-14-21(27-26-19)24-15-16-9-5-8-12-20(16)29-4/h5-14H,15H2,1-4H3,(H,24,27)(H,25,28).